The molecule has 108 valence electrons. The number of hydrogen-bond donors (Lipinski definition) is 1. The van der Waals surface area contributed by atoms with Crippen molar-refractivity contribution in [3.8, 4) is 5.75 Å². The molecule has 0 unspecified atom stereocenters. The standard InChI is InChI=1S/C15H13NO5/c1-10-5-2-3-6-11(10)9-21-14-12(15(17)18)7-4-8-13(14)16(19)20/h2-8H,9H2,1H3,(H,17,18). The fourth-order valence-electron chi connectivity index (χ4n) is 1.91. The Hall–Kier alpha value is -2.89. The summed E-state index contributed by atoms with van der Waals surface area (Å²) in [5, 5.41) is 20.1. The fraction of sp³-hybridized carbons (Fsp3) is 0.133. The van der Waals surface area contributed by atoms with Crippen molar-refractivity contribution < 1.29 is 19.6 Å². The largest absolute Gasteiger partial charge is 0.481 e. The molecule has 0 aliphatic rings. The van der Waals surface area contributed by atoms with Crippen LogP contribution in [0.25, 0.3) is 0 Å². The summed E-state index contributed by atoms with van der Waals surface area (Å²) in [4.78, 5) is 21.5. The van der Waals surface area contributed by atoms with E-state index in [2.05, 4.69) is 0 Å². The molecule has 1 N–H and O–H groups in total. The number of nitro benzene ring substituents is 1. The van der Waals surface area contributed by atoms with E-state index >= 15 is 0 Å². The molecule has 0 aliphatic heterocycles. The first-order chi connectivity index (χ1) is 10.0. The molecule has 0 saturated heterocycles. The highest BCUT2D eigenvalue weighted by Crippen LogP contribution is 2.31. The van der Waals surface area contributed by atoms with Crippen molar-refractivity contribution >= 4 is 11.7 Å². The van der Waals surface area contributed by atoms with Gasteiger partial charge >= 0.3 is 11.7 Å². The molecule has 0 saturated carbocycles. The first kappa shape index (κ1) is 14.5. The Morgan fingerprint density at radius 2 is 1.95 bits per heavy atom. The predicted molar refractivity (Wildman–Crippen MR) is 75.6 cm³/mol. The monoisotopic (exact) mass is 287 g/mol. The summed E-state index contributed by atoms with van der Waals surface area (Å²) in [6.45, 7) is 1.95. The molecule has 0 amide bonds. The maximum Gasteiger partial charge on any atom is 0.339 e. The lowest BCUT2D eigenvalue weighted by Gasteiger charge is -2.11. The number of aromatic carboxylic acids is 1. The van der Waals surface area contributed by atoms with Crippen molar-refractivity contribution in [3.05, 3.63) is 69.3 Å². The van der Waals surface area contributed by atoms with Crippen molar-refractivity contribution in [2.75, 3.05) is 0 Å². The van der Waals surface area contributed by atoms with Crippen LogP contribution in [0, 0.1) is 17.0 Å². The van der Waals surface area contributed by atoms with Gasteiger partial charge in [0.05, 0.1) is 4.92 Å². The molecule has 0 atom stereocenters. The minimum Gasteiger partial charge on any atom is -0.481 e. The number of benzene rings is 2. The van der Waals surface area contributed by atoms with Crippen molar-refractivity contribution in [2.24, 2.45) is 0 Å². The summed E-state index contributed by atoms with van der Waals surface area (Å²) >= 11 is 0. The van der Waals surface area contributed by atoms with Crippen LogP contribution in [-0.4, -0.2) is 16.0 Å². The van der Waals surface area contributed by atoms with Gasteiger partial charge in [-0.05, 0) is 24.1 Å². The second-order valence-corrected chi connectivity index (χ2v) is 4.43. The lowest BCUT2D eigenvalue weighted by atomic mass is 10.1. The third kappa shape index (κ3) is 3.17. The van der Waals surface area contributed by atoms with E-state index in [1.807, 2.05) is 31.2 Å². The maximum atomic E-state index is 11.2. The van der Waals surface area contributed by atoms with E-state index in [0.717, 1.165) is 11.1 Å². The topological polar surface area (TPSA) is 89.7 Å². The summed E-state index contributed by atoms with van der Waals surface area (Å²) in [5.41, 5.74) is 1.22. The molecule has 0 aliphatic carbocycles. The first-order valence-corrected chi connectivity index (χ1v) is 6.18. The van der Waals surface area contributed by atoms with Gasteiger partial charge in [-0.15, -0.1) is 0 Å². The Morgan fingerprint density at radius 3 is 2.57 bits per heavy atom. The lowest BCUT2D eigenvalue weighted by molar-refractivity contribution is -0.386. The van der Waals surface area contributed by atoms with Crippen LogP contribution in [0.4, 0.5) is 5.69 Å². The van der Waals surface area contributed by atoms with E-state index in [4.69, 9.17) is 9.84 Å². The van der Waals surface area contributed by atoms with Gasteiger partial charge in [-0.3, -0.25) is 10.1 Å². The Morgan fingerprint density at radius 1 is 1.24 bits per heavy atom. The summed E-state index contributed by atoms with van der Waals surface area (Å²) in [6, 6.07) is 11.2. The molecule has 2 aromatic carbocycles. The van der Waals surface area contributed by atoms with E-state index in [0.29, 0.717) is 0 Å². The van der Waals surface area contributed by atoms with E-state index in [1.54, 1.807) is 0 Å². The van der Waals surface area contributed by atoms with Gasteiger partial charge in [0.25, 0.3) is 0 Å². The highest BCUT2D eigenvalue weighted by molar-refractivity contribution is 5.92. The van der Waals surface area contributed by atoms with Gasteiger partial charge in [-0.1, -0.05) is 30.3 Å². The Labute approximate surface area is 120 Å². The normalized spacial score (nSPS) is 10.1. The molecule has 0 bridgehead atoms. The zero-order valence-electron chi connectivity index (χ0n) is 11.3. The van der Waals surface area contributed by atoms with Gasteiger partial charge in [-0.2, -0.15) is 0 Å². The van der Waals surface area contributed by atoms with E-state index < -0.39 is 10.9 Å². The van der Waals surface area contributed by atoms with E-state index in [-0.39, 0.29) is 23.6 Å². The first-order valence-electron chi connectivity index (χ1n) is 6.18. The van der Waals surface area contributed by atoms with Crippen LogP contribution in [0.3, 0.4) is 0 Å². The molecule has 0 aromatic heterocycles. The fourth-order valence-corrected chi connectivity index (χ4v) is 1.91. The van der Waals surface area contributed by atoms with Crippen LogP contribution in [0.2, 0.25) is 0 Å². The number of carboxylic acid groups (broad SMARTS) is 1. The lowest BCUT2D eigenvalue weighted by Crippen LogP contribution is -2.06. The van der Waals surface area contributed by atoms with Crippen molar-refractivity contribution in [2.45, 2.75) is 13.5 Å². The van der Waals surface area contributed by atoms with Crippen LogP contribution >= 0.6 is 0 Å². The molecule has 0 spiro atoms. The Kier molecular flexibility index (Phi) is 4.18. The molecule has 0 radical (unpaired) electrons. The number of ether oxygens (including phenoxy) is 1. The average Bonchev–Trinajstić information content (AvgIpc) is 2.45. The van der Waals surface area contributed by atoms with Gasteiger partial charge in [0.1, 0.15) is 12.2 Å². The number of hydrogen-bond acceptors (Lipinski definition) is 4. The predicted octanol–water partition coefficient (Wildman–Crippen LogP) is 3.18. The molecule has 2 rings (SSSR count). The second kappa shape index (κ2) is 6.04. The smallest absolute Gasteiger partial charge is 0.339 e. The second-order valence-electron chi connectivity index (χ2n) is 4.43. The highest BCUT2D eigenvalue weighted by Gasteiger charge is 2.23. The Bertz CT molecular complexity index is 664. The summed E-state index contributed by atoms with van der Waals surface area (Å²) in [7, 11) is 0. The minimum atomic E-state index is -1.27. The van der Waals surface area contributed by atoms with Crippen molar-refractivity contribution in [1.29, 1.82) is 0 Å². The third-order valence-electron chi connectivity index (χ3n) is 3.05. The molecule has 0 fully saturated rings. The van der Waals surface area contributed by atoms with Gasteiger partial charge < -0.3 is 9.84 Å². The molecule has 0 heterocycles. The molecule has 6 heteroatoms. The third-order valence-corrected chi connectivity index (χ3v) is 3.05. The van der Waals surface area contributed by atoms with Crippen LogP contribution in [0.5, 0.6) is 5.75 Å². The van der Waals surface area contributed by atoms with Crippen molar-refractivity contribution in [3.63, 3.8) is 0 Å². The summed E-state index contributed by atoms with van der Waals surface area (Å²) in [5.74, 6) is -1.49. The quantitative estimate of drug-likeness (QED) is 0.673. The molecular formula is C15H13NO5. The number of nitro groups is 1. The number of nitrogens with zero attached hydrogens (tertiary/aromatic N) is 1. The van der Waals surface area contributed by atoms with E-state index in [9.17, 15) is 14.9 Å². The van der Waals surface area contributed by atoms with E-state index in [1.165, 1.54) is 18.2 Å². The van der Waals surface area contributed by atoms with Crippen LogP contribution in [0.15, 0.2) is 42.5 Å². The van der Waals surface area contributed by atoms with Gasteiger partial charge in [0.2, 0.25) is 5.75 Å². The summed E-state index contributed by atoms with van der Waals surface area (Å²) < 4.78 is 5.44. The molecule has 6 nitrogen and oxygen atoms in total. The number of carbonyl (C=O) groups is 1. The molecular weight excluding hydrogens is 274 g/mol. The molecule has 2 aromatic rings. The van der Waals surface area contributed by atoms with Crippen LogP contribution in [-0.2, 0) is 6.61 Å². The van der Waals surface area contributed by atoms with Gasteiger partial charge in [0, 0.05) is 6.07 Å². The molecule has 21 heavy (non-hydrogen) atoms. The average molecular weight is 287 g/mol. The number of aryl methyl sites for hydroxylation is 1. The number of rotatable bonds is 5. The Balaban J connectivity index is 2.36. The number of para-hydroxylation sites is 1. The zero-order valence-corrected chi connectivity index (χ0v) is 11.3. The zero-order chi connectivity index (χ0) is 15.4. The summed E-state index contributed by atoms with van der Waals surface area (Å²) in [6.07, 6.45) is 0. The maximum absolute atomic E-state index is 11.2. The van der Waals surface area contributed by atoms with Crippen LogP contribution < -0.4 is 4.74 Å². The van der Waals surface area contributed by atoms with Crippen LogP contribution in [0.1, 0.15) is 21.5 Å². The number of carboxylic acids is 1. The SMILES string of the molecule is Cc1ccccc1COc1c(C(=O)O)cccc1[N+](=O)[O-]. The van der Waals surface area contributed by atoms with Crippen molar-refractivity contribution in [1.82, 2.24) is 0 Å². The van der Waals surface area contributed by atoms with Gasteiger partial charge in [-0.25, -0.2) is 4.79 Å². The van der Waals surface area contributed by atoms with Gasteiger partial charge in [0.15, 0.2) is 0 Å². The minimum absolute atomic E-state index is 0.0673. The highest BCUT2D eigenvalue weighted by atomic mass is 16.6.